The van der Waals surface area contributed by atoms with Crippen LogP contribution in [0.1, 0.15) is 5.69 Å². The third-order valence-electron chi connectivity index (χ3n) is 3.78. The van der Waals surface area contributed by atoms with Gasteiger partial charge in [0.05, 0.1) is 5.69 Å². The molecule has 0 aliphatic rings. The van der Waals surface area contributed by atoms with Gasteiger partial charge in [0.15, 0.2) is 5.65 Å². The highest BCUT2D eigenvalue weighted by atomic mass is 32.2. The molecule has 0 saturated carbocycles. The van der Waals surface area contributed by atoms with Gasteiger partial charge in [-0.15, -0.1) is 11.8 Å². The predicted octanol–water partition coefficient (Wildman–Crippen LogP) is 3.98. The molecule has 5 heteroatoms. The molecule has 2 aromatic carbocycles. The first-order valence-electron chi connectivity index (χ1n) is 7.64. The van der Waals surface area contributed by atoms with Gasteiger partial charge in [-0.2, -0.15) is 0 Å². The Morgan fingerprint density at radius 3 is 2.50 bits per heavy atom. The maximum absolute atomic E-state index is 12.0. The van der Waals surface area contributed by atoms with E-state index in [4.69, 9.17) is 0 Å². The van der Waals surface area contributed by atoms with E-state index in [1.54, 1.807) is 30.1 Å². The summed E-state index contributed by atoms with van der Waals surface area (Å²) in [5, 5.41) is 2.85. The number of aromatic nitrogens is 3. The number of rotatable bonds is 4. The van der Waals surface area contributed by atoms with Crippen molar-refractivity contribution in [2.24, 2.45) is 0 Å². The third kappa shape index (κ3) is 2.98. The SMILES string of the molecule is O=c1cc(CSc2ccc(-c3ccccc3)cc2)nc2cc[nH]n12. The molecule has 0 bridgehead atoms. The molecule has 0 fully saturated rings. The van der Waals surface area contributed by atoms with Gasteiger partial charge < -0.3 is 0 Å². The van der Waals surface area contributed by atoms with E-state index in [0.29, 0.717) is 11.4 Å². The second-order valence-corrected chi connectivity index (χ2v) is 6.47. The highest BCUT2D eigenvalue weighted by molar-refractivity contribution is 7.98. The number of H-pyrrole nitrogens is 1. The molecule has 4 rings (SSSR count). The van der Waals surface area contributed by atoms with E-state index < -0.39 is 0 Å². The summed E-state index contributed by atoms with van der Waals surface area (Å²) in [6.45, 7) is 0. The molecule has 2 heterocycles. The van der Waals surface area contributed by atoms with E-state index in [9.17, 15) is 4.79 Å². The molecule has 0 amide bonds. The lowest BCUT2D eigenvalue weighted by Gasteiger charge is -2.05. The number of benzene rings is 2. The topological polar surface area (TPSA) is 50.2 Å². The van der Waals surface area contributed by atoms with Crippen LogP contribution in [0.2, 0.25) is 0 Å². The summed E-state index contributed by atoms with van der Waals surface area (Å²) < 4.78 is 1.43. The largest absolute Gasteiger partial charge is 0.297 e. The maximum Gasteiger partial charge on any atom is 0.272 e. The fraction of sp³-hybridized carbons (Fsp3) is 0.0526. The normalized spacial score (nSPS) is 11.0. The molecular weight excluding hydrogens is 318 g/mol. The van der Waals surface area contributed by atoms with Crippen LogP contribution in [0.5, 0.6) is 0 Å². The number of thioether (sulfide) groups is 1. The van der Waals surface area contributed by atoms with E-state index in [2.05, 4.69) is 46.5 Å². The van der Waals surface area contributed by atoms with Gasteiger partial charge in [-0.1, -0.05) is 42.5 Å². The number of nitrogens with one attached hydrogen (secondary N) is 1. The molecule has 4 nitrogen and oxygen atoms in total. The average Bonchev–Trinajstić information content (AvgIpc) is 3.10. The molecule has 0 spiro atoms. The smallest absolute Gasteiger partial charge is 0.272 e. The minimum absolute atomic E-state index is 0.0833. The zero-order chi connectivity index (χ0) is 16.4. The molecule has 24 heavy (non-hydrogen) atoms. The van der Waals surface area contributed by atoms with Crippen molar-refractivity contribution in [3.05, 3.63) is 89.0 Å². The first kappa shape index (κ1) is 14.8. The third-order valence-corrected chi connectivity index (χ3v) is 4.83. The number of nitrogens with zero attached hydrogens (tertiary/aromatic N) is 2. The Labute approximate surface area is 143 Å². The quantitative estimate of drug-likeness (QED) is 0.575. The van der Waals surface area contributed by atoms with Gasteiger partial charge >= 0.3 is 0 Å². The van der Waals surface area contributed by atoms with Crippen LogP contribution in [-0.2, 0) is 5.75 Å². The lowest BCUT2D eigenvalue weighted by atomic mass is 10.1. The van der Waals surface area contributed by atoms with Gasteiger partial charge in [0.25, 0.3) is 5.56 Å². The molecular formula is C19H15N3OS. The van der Waals surface area contributed by atoms with Gasteiger partial charge in [0.1, 0.15) is 0 Å². The minimum Gasteiger partial charge on any atom is -0.297 e. The van der Waals surface area contributed by atoms with E-state index in [1.165, 1.54) is 15.6 Å². The minimum atomic E-state index is -0.0833. The summed E-state index contributed by atoms with van der Waals surface area (Å²) in [5.41, 5.74) is 3.76. The van der Waals surface area contributed by atoms with Crippen molar-refractivity contribution in [2.75, 3.05) is 0 Å². The maximum atomic E-state index is 12.0. The molecule has 2 aromatic heterocycles. The van der Waals surface area contributed by atoms with Crippen LogP contribution in [0.3, 0.4) is 0 Å². The Kier molecular flexibility index (Phi) is 3.92. The van der Waals surface area contributed by atoms with Crippen LogP contribution in [0.25, 0.3) is 16.8 Å². The van der Waals surface area contributed by atoms with E-state index >= 15 is 0 Å². The Hall–Kier alpha value is -2.79. The van der Waals surface area contributed by atoms with Crippen LogP contribution >= 0.6 is 11.8 Å². The molecule has 0 radical (unpaired) electrons. The monoisotopic (exact) mass is 333 g/mol. The zero-order valence-corrected chi connectivity index (χ0v) is 13.7. The Balaban J connectivity index is 1.50. The van der Waals surface area contributed by atoms with E-state index in [1.807, 2.05) is 18.2 Å². The summed E-state index contributed by atoms with van der Waals surface area (Å²) in [6.07, 6.45) is 1.71. The van der Waals surface area contributed by atoms with Gasteiger partial charge in [-0.25, -0.2) is 9.50 Å². The molecule has 4 aromatic rings. The number of hydrogen-bond donors (Lipinski definition) is 1. The highest BCUT2D eigenvalue weighted by Crippen LogP contribution is 2.25. The fourth-order valence-electron chi connectivity index (χ4n) is 2.58. The molecule has 0 aliphatic carbocycles. The van der Waals surface area contributed by atoms with Crippen molar-refractivity contribution < 1.29 is 0 Å². The predicted molar refractivity (Wildman–Crippen MR) is 97.3 cm³/mol. The van der Waals surface area contributed by atoms with Crippen molar-refractivity contribution in [3.63, 3.8) is 0 Å². The van der Waals surface area contributed by atoms with Crippen LogP contribution in [0.4, 0.5) is 0 Å². The number of aromatic amines is 1. The lowest BCUT2D eigenvalue weighted by Crippen LogP contribution is -2.14. The summed E-state index contributed by atoms with van der Waals surface area (Å²) in [6, 6.07) is 22.1. The van der Waals surface area contributed by atoms with E-state index in [-0.39, 0.29) is 5.56 Å². The average molecular weight is 333 g/mol. The van der Waals surface area contributed by atoms with Crippen LogP contribution in [0.15, 0.2) is 82.6 Å². The van der Waals surface area contributed by atoms with Gasteiger partial charge in [-0.3, -0.25) is 9.89 Å². The Bertz CT molecular complexity index is 1020. The molecule has 118 valence electrons. The first-order chi connectivity index (χ1) is 11.8. The summed E-state index contributed by atoms with van der Waals surface area (Å²) in [5.74, 6) is 0.668. The van der Waals surface area contributed by atoms with Gasteiger partial charge in [0.2, 0.25) is 0 Å². The molecule has 0 saturated heterocycles. The molecule has 0 aliphatic heterocycles. The number of fused-ring (bicyclic) bond motifs is 1. The summed E-state index contributed by atoms with van der Waals surface area (Å²) in [7, 11) is 0. The molecule has 0 unspecified atom stereocenters. The molecule has 0 atom stereocenters. The number of hydrogen-bond acceptors (Lipinski definition) is 3. The van der Waals surface area contributed by atoms with E-state index in [0.717, 1.165) is 10.6 Å². The fourth-order valence-corrected chi connectivity index (χ4v) is 3.37. The van der Waals surface area contributed by atoms with Gasteiger partial charge in [0, 0.05) is 29.0 Å². The van der Waals surface area contributed by atoms with Crippen molar-refractivity contribution in [1.82, 2.24) is 14.6 Å². The van der Waals surface area contributed by atoms with Crippen molar-refractivity contribution in [1.29, 1.82) is 0 Å². The van der Waals surface area contributed by atoms with Crippen LogP contribution in [0, 0.1) is 0 Å². The van der Waals surface area contributed by atoms with Gasteiger partial charge in [-0.05, 0) is 23.3 Å². The summed E-state index contributed by atoms with van der Waals surface area (Å²) >= 11 is 1.68. The standard InChI is InChI=1S/C19H15N3OS/c23-19-12-16(21-18-10-11-20-22(18)19)13-24-17-8-6-15(7-9-17)14-4-2-1-3-5-14/h1-12,20H,13H2. The first-order valence-corrected chi connectivity index (χ1v) is 8.62. The second-order valence-electron chi connectivity index (χ2n) is 5.42. The highest BCUT2D eigenvalue weighted by Gasteiger charge is 2.04. The van der Waals surface area contributed by atoms with Crippen LogP contribution < -0.4 is 5.56 Å². The molecule has 1 N–H and O–H groups in total. The lowest BCUT2D eigenvalue weighted by molar-refractivity contribution is 0.888. The second kappa shape index (κ2) is 6.37. The van der Waals surface area contributed by atoms with Crippen LogP contribution in [-0.4, -0.2) is 14.6 Å². The Morgan fingerprint density at radius 2 is 1.71 bits per heavy atom. The van der Waals surface area contributed by atoms with Crippen molar-refractivity contribution >= 4 is 17.4 Å². The van der Waals surface area contributed by atoms with Crippen molar-refractivity contribution in [2.45, 2.75) is 10.6 Å². The summed E-state index contributed by atoms with van der Waals surface area (Å²) in [4.78, 5) is 17.6. The van der Waals surface area contributed by atoms with Crippen molar-refractivity contribution in [3.8, 4) is 11.1 Å². The zero-order valence-electron chi connectivity index (χ0n) is 12.8. The Morgan fingerprint density at radius 1 is 0.958 bits per heavy atom.